The van der Waals surface area contributed by atoms with Crippen LogP contribution in [-0.4, -0.2) is 56.0 Å². The molecule has 11 heteroatoms. The molecule has 0 saturated carbocycles. The molecule has 0 radical (unpaired) electrons. The van der Waals surface area contributed by atoms with Crippen LogP contribution in [0, 0.1) is 36.7 Å². The molecule has 1 amide bonds. The maximum absolute atomic E-state index is 14.4. The van der Waals surface area contributed by atoms with E-state index in [9.17, 15) is 22.8 Å². The SMILES string of the molecule is CCOC(=O)C1(Cc2cn([C@H](C)c3c(F)cc(F)cc3F)nn2)CCN(C(=O)c2cc(C)n(C(C)c3ccccc3)c2C)CC1. The molecule has 0 N–H and O–H groups in total. The van der Waals surface area contributed by atoms with Gasteiger partial charge < -0.3 is 14.2 Å². The first-order valence-electron chi connectivity index (χ1n) is 15.2. The van der Waals surface area contributed by atoms with E-state index in [0.29, 0.717) is 49.3 Å². The minimum atomic E-state index is -1.02. The molecule has 5 rings (SSSR count). The van der Waals surface area contributed by atoms with Gasteiger partial charge in [-0.2, -0.15) is 0 Å². The smallest absolute Gasteiger partial charge is 0.312 e. The Labute approximate surface area is 260 Å². The van der Waals surface area contributed by atoms with Crippen molar-refractivity contribution in [3.05, 3.63) is 106 Å². The molecular formula is C34H38F3N5O3. The zero-order valence-corrected chi connectivity index (χ0v) is 26.2. The summed E-state index contributed by atoms with van der Waals surface area (Å²) in [6, 6.07) is 12.4. The summed E-state index contributed by atoms with van der Waals surface area (Å²) in [4.78, 5) is 28.9. The van der Waals surface area contributed by atoms with Gasteiger partial charge >= 0.3 is 5.97 Å². The van der Waals surface area contributed by atoms with Gasteiger partial charge in [-0.15, -0.1) is 5.10 Å². The number of ether oxygens (including phenoxy) is 1. The molecule has 1 aliphatic heterocycles. The molecule has 238 valence electrons. The molecule has 1 aliphatic rings. The normalized spacial score (nSPS) is 16.0. The number of hydrogen-bond donors (Lipinski definition) is 0. The number of carbonyl (C=O) groups excluding carboxylic acids is 2. The molecule has 4 aromatic rings. The van der Waals surface area contributed by atoms with Gasteiger partial charge in [0.25, 0.3) is 5.91 Å². The van der Waals surface area contributed by atoms with Crippen LogP contribution < -0.4 is 0 Å². The maximum atomic E-state index is 14.4. The van der Waals surface area contributed by atoms with Gasteiger partial charge in [0.05, 0.1) is 35.4 Å². The maximum Gasteiger partial charge on any atom is 0.312 e. The summed E-state index contributed by atoms with van der Waals surface area (Å²) in [5, 5.41) is 8.25. The van der Waals surface area contributed by atoms with Gasteiger partial charge in [-0.1, -0.05) is 35.5 Å². The lowest BCUT2D eigenvalue weighted by Gasteiger charge is -2.39. The third kappa shape index (κ3) is 6.25. The molecule has 0 bridgehead atoms. The van der Waals surface area contributed by atoms with E-state index in [1.807, 2.05) is 38.1 Å². The Morgan fingerprint density at radius 1 is 0.978 bits per heavy atom. The molecule has 0 aliphatic carbocycles. The molecule has 45 heavy (non-hydrogen) atoms. The zero-order valence-electron chi connectivity index (χ0n) is 26.2. The van der Waals surface area contributed by atoms with Crippen molar-refractivity contribution in [1.82, 2.24) is 24.5 Å². The average molecular weight is 622 g/mol. The van der Waals surface area contributed by atoms with Gasteiger partial charge in [0.1, 0.15) is 17.5 Å². The summed E-state index contributed by atoms with van der Waals surface area (Å²) >= 11 is 0. The fraction of sp³-hybridized carbons (Fsp3) is 0.412. The first-order chi connectivity index (χ1) is 21.5. The van der Waals surface area contributed by atoms with E-state index in [0.717, 1.165) is 17.0 Å². The van der Waals surface area contributed by atoms with Crippen LogP contribution in [-0.2, 0) is 16.0 Å². The van der Waals surface area contributed by atoms with Gasteiger partial charge in [0.2, 0.25) is 0 Å². The van der Waals surface area contributed by atoms with Gasteiger partial charge in [-0.25, -0.2) is 17.9 Å². The van der Waals surface area contributed by atoms with E-state index >= 15 is 0 Å². The lowest BCUT2D eigenvalue weighted by atomic mass is 9.74. The summed E-state index contributed by atoms with van der Waals surface area (Å²) in [5.41, 5.74) is 2.81. The quantitative estimate of drug-likeness (QED) is 0.203. The molecular weight excluding hydrogens is 583 g/mol. The van der Waals surface area contributed by atoms with Crippen LogP contribution in [0.3, 0.4) is 0 Å². The Kier molecular flexibility index (Phi) is 9.18. The number of amides is 1. The van der Waals surface area contributed by atoms with Crippen LogP contribution in [0.25, 0.3) is 0 Å². The van der Waals surface area contributed by atoms with E-state index < -0.39 is 28.9 Å². The molecule has 2 aromatic heterocycles. The Morgan fingerprint density at radius 2 is 1.62 bits per heavy atom. The molecule has 1 saturated heterocycles. The second-order valence-corrected chi connectivity index (χ2v) is 11.9. The Morgan fingerprint density at radius 3 is 2.24 bits per heavy atom. The second kappa shape index (κ2) is 12.9. The topological polar surface area (TPSA) is 82.2 Å². The molecule has 3 heterocycles. The first-order valence-corrected chi connectivity index (χ1v) is 15.2. The largest absolute Gasteiger partial charge is 0.466 e. The predicted molar refractivity (Wildman–Crippen MR) is 162 cm³/mol. The lowest BCUT2D eigenvalue weighted by molar-refractivity contribution is -0.158. The van der Waals surface area contributed by atoms with Crippen LogP contribution in [0.2, 0.25) is 0 Å². The number of piperidine rings is 1. The van der Waals surface area contributed by atoms with Crippen molar-refractivity contribution in [2.75, 3.05) is 19.7 Å². The number of esters is 1. The van der Waals surface area contributed by atoms with Crippen molar-refractivity contribution in [3.8, 4) is 0 Å². The van der Waals surface area contributed by atoms with Gasteiger partial charge in [0, 0.05) is 54.8 Å². The highest BCUT2D eigenvalue weighted by Gasteiger charge is 2.44. The Hall–Kier alpha value is -4.41. The average Bonchev–Trinajstić information content (AvgIpc) is 3.60. The number of benzene rings is 2. The predicted octanol–water partition coefficient (Wildman–Crippen LogP) is 6.36. The highest BCUT2D eigenvalue weighted by atomic mass is 19.1. The fourth-order valence-corrected chi connectivity index (χ4v) is 6.53. The van der Waals surface area contributed by atoms with E-state index in [-0.39, 0.29) is 36.5 Å². The second-order valence-electron chi connectivity index (χ2n) is 11.9. The monoisotopic (exact) mass is 621 g/mol. The number of aryl methyl sites for hydroxylation is 1. The van der Waals surface area contributed by atoms with Crippen molar-refractivity contribution >= 4 is 11.9 Å². The molecule has 2 atom stereocenters. The van der Waals surface area contributed by atoms with Gasteiger partial charge in [0.15, 0.2) is 0 Å². The van der Waals surface area contributed by atoms with Crippen LogP contribution in [0.1, 0.15) is 84.3 Å². The molecule has 2 aromatic carbocycles. The summed E-state index contributed by atoms with van der Waals surface area (Å²) in [6.07, 6.45) is 2.41. The van der Waals surface area contributed by atoms with Crippen molar-refractivity contribution in [1.29, 1.82) is 0 Å². The van der Waals surface area contributed by atoms with Crippen LogP contribution in [0.4, 0.5) is 13.2 Å². The molecule has 8 nitrogen and oxygen atoms in total. The van der Waals surface area contributed by atoms with Crippen LogP contribution in [0.15, 0.2) is 54.7 Å². The van der Waals surface area contributed by atoms with Crippen molar-refractivity contribution < 1.29 is 27.5 Å². The van der Waals surface area contributed by atoms with E-state index in [1.165, 1.54) is 17.8 Å². The summed E-state index contributed by atoms with van der Waals surface area (Å²) in [6.45, 7) is 10.2. The summed E-state index contributed by atoms with van der Waals surface area (Å²) < 4.78 is 51.2. The van der Waals surface area contributed by atoms with Gasteiger partial charge in [-0.05, 0) is 59.1 Å². The molecule has 1 fully saturated rings. The van der Waals surface area contributed by atoms with Crippen molar-refractivity contribution in [3.63, 3.8) is 0 Å². The van der Waals surface area contributed by atoms with Crippen LogP contribution in [0.5, 0.6) is 0 Å². The number of likely N-dealkylation sites (tertiary alicyclic amines) is 1. The minimum Gasteiger partial charge on any atom is -0.466 e. The Balaban J connectivity index is 1.33. The molecule has 0 spiro atoms. The highest BCUT2D eigenvalue weighted by molar-refractivity contribution is 5.96. The highest BCUT2D eigenvalue weighted by Crippen LogP contribution is 2.38. The molecule has 1 unspecified atom stereocenters. The van der Waals surface area contributed by atoms with Crippen molar-refractivity contribution in [2.24, 2.45) is 5.41 Å². The van der Waals surface area contributed by atoms with E-state index in [2.05, 4.69) is 33.9 Å². The minimum absolute atomic E-state index is 0.0535. The van der Waals surface area contributed by atoms with Crippen LogP contribution >= 0.6 is 0 Å². The standard InChI is InChI=1S/C34H38F3N5O3/c1-6-45-33(44)34(19-27-20-41(39-38-27)24(5)31-29(36)17-26(35)18-30(31)37)12-14-40(15-13-34)32(43)28-16-21(2)42(23(28)4)22(3)25-10-8-7-9-11-25/h7-11,16-18,20,22,24H,6,12-15,19H2,1-5H3/t22?,24-/m1/s1. The summed E-state index contributed by atoms with van der Waals surface area (Å²) in [7, 11) is 0. The van der Waals surface area contributed by atoms with Crippen molar-refractivity contribution in [2.45, 2.75) is 66.0 Å². The number of nitrogens with zero attached hydrogens (tertiary/aromatic N) is 5. The third-order valence-electron chi connectivity index (χ3n) is 9.04. The summed E-state index contributed by atoms with van der Waals surface area (Å²) in [5.74, 6) is -3.52. The number of halogens is 3. The fourth-order valence-electron chi connectivity index (χ4n) is 6.53. The lowest BCUT2D eigenvalue weighted by Crippen LogP contribution is -2.48. The third-order valence-corrected chi connectivity index (χ3v) is 9.04. The first kappa shape index (κ1) is 32.0. The zero-order chi connectivity index (χ0) is 32.5. The van der Waals surface area contributed by atoms with Gasteiger partial charge in [-0.3, -0.25) is 9.59 Å². The Bertz CT molecular complexity index is 1670. The number of carbonyl (C=O) groups is 2. The van der Waals surface area contributed by atoms with E-state index in [4.69, 9.17) is 4.74 Å². The number of aromatic nitrogens is 4. The van der Waals surface area contributed by atoms with E-state index in [1.54, 1.807) is 11.8 Å². The number of rotatable bonds is 9. The number of hydrogen-bond acceptors (Lipinski definition) is 5.